The van der Waals surface area contributed by atoms with Crippen LogP contribution in [0.3, 0.4) is 0 Å². The normalized spacial score (nSPS) is 14.2. The van der Waals surface area contributed by atoms with E-state index in [1.807, 2.05) is 73.7 Å². The molecule has 3 nitrogen and oxygen atoms in total. The molecule has 0 unspecified atom stereocenters. The van der Waals surface area contributed by atoms with Crippen LogP contribution in [0.1, 0.15) is 23.6 Å². The third-order valence-electron chi connectivity index (χ3n) is 4.32. The summed E-state index contributed by atoms with van der Waals surface area (Å²) in [7, 11) is 0. The molecule has 4 rings (SSSR count). The highest BCUT2D eigenvalue weighted by Gasteiger charge is 2.18. The molecule has 1 heterocycles. The average Bonchev–Trinajstić information content (AvgIpc) is 2.89. The van der Waals surface area contributed by atoms with E-state index in [0.717, 1.165) is 33.7 Å². The summed E-state index contributed by atoms with van der Waals surface area (Å²) in [5, 5.41) is 4.60. The van der Waals surface area contributed by atoms with E-state index in [4.69, 9.17) is 4.99 Å². The highest BCUT2D eigenvalue weighted by atomic mass is 15.3. The molecule has 1 aliphatic heterocycles. The number of hydrogen-bond donors (Lipinski definition) is 1. The van der Waals surface area contributed by atoms with Gasteiger partial charge in [-0.2, -0.15) is 5.10 Å². The van der Waals surface area contributed by atoms with E-state index in [-0.39, 0.29) is 0 Å². The molecule has 0 bridgehead atoms. The predicted octanol–water partition coefficient (Wildman–Crippen LogP) is 4.98. The fourth-order valence-corrected chi connectivity index (χ4v) is 3.07. The van der Waals surface area contributed by atoms with Gasteiger partial charge in [-0.05, 0) is 12.5 Å². The lowest BCUT2D eigenvalue weighted by Gasteiger charge is -2.13. The van der Waals surface area contributed by atoms with E-state index in [1.165, 1.54) is 0 Å². The van der Waals surface area contributed by atoms with Crippen molar-refractivity contribution in [2.45, 2.75) is 6.92 Å². The third-order valence-corrected chi connectivity index (χ3v) is 4.32. The maximum Gasteiger partial charge on any atom is 0.179 e. The third kappa shape index (κ3) is 3.20. The summed E-state index contributed by atoms with van der Waals surface area (Å²) in [4.78, 5) is 4.83. The smallest absolute Gasteiger partial charge is 0.179 e. The van der Waals surface area contributed by atoms with Crippen molar-refractivity contribution in [3.8, 4) is 0 Å². The summed E-state index contributed by atoms with van der Waals surface area (Å²) in [6, 6.07) is 30.6. The first-order chi connectivity index (χ1) is 12.8. The Kier molecular flexibility index (Phi) is 4.44. The van der Waals surface area contributed by atoms with Crippen molar-refractivity contribution in [1.29, 1.82) is 0 Å². The Balaban J connectivity index is 1.89. The van der Waals surface area contributed by atoms with Crippen molar-refractivity contribution >= 4 is 22.8 Å². The molecule has 0 saturated carbocycles. The Morgan fingerprint density at radius 3 is 1.69 bits per heavy atom. The first-order valence-electron chi connectivity index (χ1n) is 8.63. The SMILES string of the molecule is CC1=NC(c2ccccc2)=NNC(c2ccccc2)=C1c1ccccc1. The molecular weight excluding hydrogens is 318 g/mol. The van der Waals surface area contributed by atoms with Crippen LogP contribution in [0.5, 0.6) is 0 Å². The molecule has 0 amide bonds. The number of hydrogen-bond acceptors (Lipinski definition) is 3. The fourth-order valence-electron chi connectivity index (χ4n) is 3.07. The summed E-state index contributed by atoms with van der Waals surface area (Å²) in [6.07, 6.45) is 0. The lowest BCUT2D eigenvalue weighted by molar-refractivity contribution is 0.992. The zero-order valence-corrected chi connectivity index (χ0v) is 14.6. The topological polar surface area (TPSA) is 36.8 Å². The maximum atomic E-state index is 4.83. The van der Waals surface area contributed by atoms with E-state index < -0.39 is 0 Å². The van der Waals surface area contributed by atoms with Gasteiger partial charge in [0, 0.05) is 22.4 Å². The number of hydrazone groups is 1. The van der Waals surface area contributed by atoms with E-state index in [0.29, 0.717) is 5.84 Å². The van der Waals surface area contributed by atoms with E-state index in [1.54, 1.807) is 0 Å². The van der Waals surface area contributed by atoms with Gasteiger partial charge in [0.15, 0.2) is 5.84 Å². The van der Waals surface area contributed by atoms with E-state index >= 15 is 0 Å². The van der Waals surface area contributed by atoms with Crippen molar-refractivity contribution in [3.63, 3.8) is 0 Å². The second kappa shape index (κ2) is 7.19. The van der Waals surface area contributed by atoms with Crippen LogP contribution in [0.15, 0.2) is 101 Å². The number of benzene rings is 3. The van der Waals surface area contributed by atoms with E-state index in [2.05, 4.69) is 34.8 Å². The van der Waals surface area contributed by atoms with Gasteiger partial charge in [0.2, 0.25) is 0 Å². The van der Waals surface area contributed by atoms with Gasteiger partial charge >= 0.3 is 0 Å². The molecule has 26 heavy (non-hydrogen) atoms. The summed E-state index contributed by atoms with van der Waals surface area (Å²) in [5.41, 5.74) is 9.42. The minimum atomic E-state index is 0.683. The maximum absolute atomic E-state index is 4.83. The van der Waals surface area contributed by atoms with Gasteiger partial charge in [0.1, 0.15) is 0 Å². The van der Waals surface area contributed by atoms with Crippen molar-refractivity contribution < 1.29 is 0 Å². The molecule has 0 atom stereocenters. The van der Waals surface area contributed by atoms with Gasteiger partial charge in [0.25, 0.3) is 0 Å². The molecule has 0 radical (unpaired) electrons. The van der Waals surface area contributed by atoms with Crippen LogP contribution in [-0.4, -0.2) is 11.5 Å². The number of nitrogens with zero attached hydrogens (tertiary/aromatic N) is 2. The van der Waals surface area contributed by atoms with E-state index in [9.17, 15) is 0 Å². The summed E-state index contributed by atoms with van der Waals surface area (Å²) >= 11 is 0. The fraction of sp³-hybridized carbons (Fsp3) is 0.0435. The van der Waals surface area contributed by atoms with Gasteiger partial charge in [0.05, 0.1) is 5.70 Å². The van der Waals surface area contributed by atoms with Crippen LogP contribution in [-0.2, 0) is 0 Å². The van der Waals surface area contributed by atoms with Crippen LogP contribution in [0.25, 0.3) is 11.3 Å². The molecule has 3 aromatic rings. The molecule has 0 aromatic heterocycles. The lowest BCUT2D eigenvalue weighted by atomic mass is 9.96. The molecule has 126 valence electrons. The number of allylic oxidation sites excluding steroid dienone is 1. The van der Waals surface area contributed by atoms with Crippen molar-refractivity contribution in [3.05, 3.63) is 108 Å². The van der Waals surface area contributed by atoms with Gasteiger partial charge in [-0.3, -0.25) is 5.43 Å². The van der Waals surface area contributed by atoms with Crippen LogP contribution in [0.4, 0.5) is 0 Å². The minimum Gasteiger partial charge on any atom is -0.275 e. The lowest BCUT2D eigenvalue weighted by Crippen LogP contribution is -2.09. The number of aliphatic imine (C=N–C) groups is 1. The zero-order valence-electron chi connectivity index (χ0n) is 14.6. The van der Waals surface area contributed by atoms with Crippen molar-refractivity contribution in [2.24, 2.45) is 10.1 Å². The number of amidine groups is 1. The molecular formula is C23H19N3. The number of nitrogens with one attached hydrogen (secondary N) is 1. The first kappa shape index (κ1) is 16.0. The zero-order chi connectivity index (χ0) is 17.8. The van der Waals surface area contributed by atoms with Gasteiger partial charge in [-0.1, -0.05) is 91.0 Å². The van der Waals surface area contributed by atoms with Gasteiger partial charge in [-0.15, -0.1) is 0 Å². The molecule has 3 aromatic carbocycles. The highest BCUT2D eigenvalue weighted by Crippen LogP contribution is 2.28. The molecule has 3 heteroatoms. The molecule has 1 N–H and O–H groups in total. The molecule has 0 aliphatic carbocycles. The molecule has 0 saturated heterocycles. The Bertz CT molecular complexity index is 985. The standard InChI is InChI=1S/C23H19N3/c1-17-21(18-11-5-2-6-12-18)22(19-13-7-3-8-14-19)25-26-23(24-17)20-15-9-4-10-16-20/h2-16,25H,1H3. The Hall–Kier alpha value is -3.46. The highest BCUT2D eigenvalue weighted by molar-refractivity contribution is 6.32. The monoisotopic (exact) mass is 337 g/mol. The Morgan fingerprint density at radius 1 is 0.615 bits per heavy atom. The summed E-state index contributed by atoms with van der Waals surface area (Å²) in [5.74, 6) is 0.683. The number of rotatable bonds is 3. The second-order valence-corrected chi connectivity index (χ2v) is 6.09. The first-order valence-corrected chi connectivity index (χ1v) is 8.63. The largest absolute Gasteiger partial charge is 0.275 e. The molecule has 0 fully saturated rings. The van der Waals surface area contributed by atoms with Crippen LogP contribution in [0.2, 0.25) is 0 Å². The molecule has 0 spiro atoms. The predicted molar refractivity (Wildman–Crippen MR) is 109 cm³/mol. The second-order valence-electron chi connectivity index (χ2n) is 6.09. The minimum absolute atomic E-state index is 0.683. The van der Waals surface area contributed by atoms with Crippen LogP contribution < -0.4 is 5.43 Å². The quantitative estimate of drug-likeness (QED) is 0.719. The summed E-state index contributed by atoms with van der Waals surface area (Å²) in [6.45, 7) is 2.04. The Morgan fingerprint density at radius 2 is 1.12 bits per heavy atom. The Labute approximate surface area is 153 Å². The van der Waals surface area contributed by atoms with Crippen LogP contribution in [0, 0.1) is 0 Å². The molecule has 1 aliphatic rings. The van der Waals surface area contributed by atoms with Crippen molar-refractivity contribution in [1.82, 2.24) is 5.43 Å². The van der Waals surface area contributed by atoms with Gasteiger partial charge in [-0.25, -0.2) is 4.99 Å². The van der Waals surface area contributed by atoms with Crippen molar-refractivity contribution in [2.75, 3.05) is 0 Å². The van der Waals surface area contributed by atoms with Gasteiger partial charge < -0.3 is 0 Å². The summed E-state index contributed by atoms with van der Waals surface area (Å²) < 4.78 is 0. The average molecular weight is 337 g/mol. The van der Waals surface area contributed by atoms with Crippen LogP contribution >= 0.6 is 0 Å².